The second-order valence-corrected chi connectivity index (χ2v) is 6.44. The van der Waals surface area contributed by atoms with Crippen LogP contribution in [0.1, 0.15) is 11.1 Å². The van der Waals surface area contributed by atoms with E-state index in [0.717, 1.165) is 6.54 Å². The highest BCUT2D eigenvalue weighted by Crippen LogP contribution is 2.25. The van der Waals surface area contributed by atoms with Crippen LogP contribution in [0.5, 0.6) is 0 Å². The molecule has 0 spiro atoms. The number of nitrogens with zero attached hydrogens (tertiary/aromatic N) is 1. The number of alkyl halides is 1. The minimum atomic E-state index is 0.549. The minimum absolute atomic E-state index is 0.549. The van der Waals surface area contributed by atoms with Crippen LogP contribution in [0.25, 0.3) is 0 Å². The summed E-state index contributed by atoms with van der Waals surface area (Å²) in [5.74, 6) is 0.549. The van der Waals surface area contributed by atoms with Crippen molar-refractivity contribution in [2.24, 2.45) is 0 Å². The third-order valence-corrected chi connectivity index (χ3v) is 4.43. The predicted molar refractivity (Wildman–Crippen MR) is 80.1 cm³/mol. The normalized spacial score (nSPS) is 10.5. The third-order valence-electron chi connectivity index (χ3n) is 2.59. The summed E-state index contributed by atoms with van der Waals surface area (Å²) >= 11 is 11.2. The average molecular weight is 331 g/mol. The molecular formula is C13H13BrClNS. The van der Waals surface area contributed by atoms with Crippen LogP contribution in [0, 0.1) is 0 Å². The van der Waals surface area contributed by atoms with E-state index < -0.39 is 0 Å². The van der Waals surface area contributed by atoms with Gasteiger partial charge >= 0.3 is 0 Å². The molecule has 1 aromatic heterocycles. The smallest absolute Gasteiger partial charge is 0.0701 e. The first-order valence-corrected chi connectivity index (χ1v) is 7.49. The molecule has 0 unspecified atom stereocenters. The van der Waals surface area contributed by atoms with Crippen molar-refractivity contribution in [3.8, 4) is 0 Å². The topological polar surface area (TPSA) is 3.24 Å². The van der Waals surface area contributed by atoms with Crippen molar-refractivity contribution in [1.29, 1.82) is 0 Å². The van der Waals surface area contributed by atoms with Gasteiger partial charge in [-0.15, -0.1) is 22.9 Å². The Morgan fingerprint density at radius 1 is 1.35 bits per heavy atom. The minimum Gasteiger partial charge on any atom is -0.370 e. The molecule has 0 radical (unpaired) electrons. The largest absolute Gasteiger partial charge is 0.370 e. The van der Waals surface area contributed by atoms with E-state index in [4.69, 9.17) is 11.6 Å². The van der Waals surface area contributed by atoms with Gasteiger partial charge in [0.05, 0.1) is 3.79 Å². The Morgan fingerprint density at radius 2 is 2.12 bits per heavy atom. The molecule has 0 aliphatic heterocycles. The zero-order chi connectivity index (χ0) is 12.3. The Labute approximate surface area is 119 Å². The fraction of sp³-hybridized carbons (Fsp3) is 0.231. The lowest BCUT2D eigenvalue weighted by molar-refractivity contribution is 0.920. The van der Waals surface area contributed by atoms with Gasteiger partial charge in [0.1, 0.15) is 0 Å². The van der Waals surface area contributed by atoms with E-state index in [2.05, 4.69) is 51.5 Å². The molecule has 17 heavy (non-hydrogen) atoms. The summed E-state index contributed by atoms with van der Waals surface area (Å²) in [6.45, 7) is 0.899. The van der Waals surface area contributed by atoms with Crippen LogP contribution in [0.15, 0.2) is 39.5 Å². The van der Waals surface area contributed by atoms with Gasteiger partial charge in [0.15, 0.2) is 0 Å². The number of thiophene rings is 1. The van der Waals surface area contributed by atoms with Crippen LogP contribution in [0.4, 0.5) is 5.69 Å². The van der Waals surface area contributed by atoms with Crippen molar-refractivity contribution in [3.05, 3.63) is 50.6 Å². The first kappa shape index (κ1) is 12.9. The highest BCUT2D eigenvalue weighted by atomic mass is 79.9. The molecule has 90 valence electrons. The van der Waals surface area contributed by atoms with E-state index in [9.17, 15) is 0 Å². The Balaban J connectivity index is 2.16. The van der Waals surface area contributed by atoms with Crippen molar-refractivity contribution < 1.29 is 0 Å². The van der Waals surface area contributed by atoms with E-state index in [-0.39, 0.29) is 0 Å². The van der Waals surface area contributed by atoms with E-state index in [1.807, 2.05) is 12.1 Å². The lowest BCUT2D eigenvalue weighted by Gasteiger charge is -2.21. The predicted octanol–water partition coefficient (Wildman–Crippen LogP) is 4.89. The number of halogens is 2. The monoisotopic (exact) mass is 329 g/mol. The van der Waals surface area contributed by atoms with E-state index in [1.54, 1.807) is 11.3 Å². The van der Waals surface area contributed by atoms with Gasteiger partial charge in [0.25, 0.3) is 0 Å². The van der Waals surface area contributed by atoms with Crippen LogP contribution < -0.4 is 4.90 Å². The average Bonchev–Trinajstić information content (AvgIpc) is 2.74. The lowest BCUT2D eigenvalue weighted by Crippen LogP contribution is -2.17. The molecule has 0 aliphatic carbocycles. The van der Waals surface area contributed by atoms with Crippen molar-refractivity contribution in [3.63, 3.8) is 0 Å². The van der Waals surface area contributed by atoms with Gasteiger partial charge in [-0.05, 0) is 44.6 Å². The molecule has 0 amide bonds. The summed E-state index contributed by atoms with van der Waals surface area (Å²) in [6.07, 6.45) is 0. The number of para-hydroxylation sites is 1. The molecule has 1 heterocycles. The molecule has 0 saturated heterocycles. The molecule has 0 N–H and O–H groups in total. The highest BCUT2D eigenvalue weighted by molar-refractivity contribution is 9.11. The molecule has 1 nitrogen and oxygen atoms in total. The molecule has 0 atom stereocenters. The van der Waals surface area contributed by atoms with E-state index in [1.165, 1.54) is 20.6 Å². The van der Waals surface area contributed by atoms with Crippen LogP contribution in [0.3, 0.4) is 0 Å². The second kappa shape index (κ2) is 5.89. The molecule has 4 heteroatoms. The van der Waals surface area contributed by atoms with Crippen molar-refractivity contribution >= 4 is 44.6 Å². The SMILES string of the molecule is CN(Cc1csc(Br)c1)c1ccccc1CCl. The molecule has 0 aliphatic rings. The van der Waals surface area contributed by atoms with Gasteiger partial charge in [-0.1, -0.05) is 18.2 Å². The first-order valence-electron chi connectivity index (χ1n) is 5.28. The van der Waals surface area contributed by atoms with Gasteiger partial charge in [0, 0.05) is 25.2 Å². The maximum atomic E-state index is 5.95. The number of hydrogen-bond acceptors (Lipinski definition) is 2. The molecule has 1 aromatic carbocycles. The van der Waals surface area contributed by atoms with Crippen LogP contribution >= 0.6 is 38.9 Å². The number of anilines is 1. The number of hydrogen-bond donors (Lipinski definition) is 0. The number of rotatable bonds is 4. The Kier molecular flexibility index (Phi) is 4.48. The summed E-state index contributed by atoms with van der Waals surface area (Å²) < 4.78 is 1.17. The Bertz CT molecular complexity index is 498. The Hall–Kier alpha value is -0.510. The summed E-state index contributed by atoms with van der Waals surface area (Å²) in [7, 11) is 2.09. The maximum Gasteiger partial charge on any atom is 0.0701 e. The van der Waals surface area contributed by atoms with Crippen molar-refractivity contribution in [2.75, 3.05) is 11.9 Å². The van der Waals surface area contributed by atoms with Gasteiger partial charge in [-0.25, -0.2) is 0 Å². The van der Waals surface area contributed by atoms with E-state index >= 15 is 0 Å². The molecule has 0 fully saturated rings. The quantitative estimate of drug-likeness (QED) is 0.722. The van der Waals surface area contributed by atoms with Gasteiger partial charge in [-0.3, -0.25) is 0 Å². The van der Waals surface area contributed by atoms with Crippen LogP contribution in [0.2, 0.25) is 0 Å². The second-order valence-electron chi connectivity index (χ2n) is 3.88. The zero-order valence-electron chi connectivity index (χ0n) is 9.49. The van der Waals surface area contributed by atoms with Gasteiger partial charge in [-0.2, -0.15) is 0 Å². The standard InChI is InChI=1S/C13H13BrClNS/c1-16(8-10-6-13(14)17-9-10)12-5-3-2-4-11(12)7-15/h2-6,9H,7-8H2,1H3. The molecule has 0 bridgehead atoms. The summed E-state index contributed by atoms with van der Waals surface area (Å²) in [5, 5.41) is 2.17. The highest BCUT2D eigenvalue weighted by Gasteiger charge is 2.07. The van der Waals surface area contributed by atoms with Gasteiger partial charge < -0.3 is 4.90 Å². The Morgan fingerprint density at radius 3 is 2.76 bits per heavy atom. The summed E-state index contributed by atoms with van der Waals surface area (Å²) in [6, 6.07) is 10.4. The fourth-order valence-corrected chi connectivity index (χ4v) is 3.21. The molecular weight excluding hydrogens is 318 g/mol. The maximum absolute atomic E-state index is 5.95. The third kappa shape index (κ3) is 3.24. The molecule has 0 saturated carbocycles. The number of benzene rings is 1. The first-order chi connectivity index (χ1) is 8.20. The van der Waals surface area contributed by atoms with Crippen molar-refractivity contribution in [1.82, 2.24) is 0 Å². The van der Waals surface area contributed by atoms with E-state index in [0.29, 0.717) is 5.88 Å². The van der Waals surface area contributed by atoms with Crippen LogP contribution in [-0.4, -0.2) is 7.05 Å². The summed E-state index contributed by atoms with van der Waals surface area (Å²) in [5.41, 5.74) is 3.68. The molecule has 2 rings (SSSR count). The fourth-order valence-electron chi connectivity index (χ4n) is 1.78. The van der Waals surface area contributed by atoms with Gasteiger partial charge in [0.2, 0.25) is 0 Å². The lowest BCUT2D eigenvalue weighted by atomic mass is 10.2. The zero-order valence-corrected chi connectivity index (χ0v) is 12.6. The molecule has 2 aromatic rings. The summed E-state index contributed by atoms with van der Waals surface area (Å²) in [4.78, 5) is 2.23. The van der Waals surface area contributed by atoms with Crippen molar-refractivity contribution in [2.45, 2.75) is 12.4 Å². The van der Waals surface area contributed by atoms with Crippen LogP contribution in [-0.2, 0) is 12.4 Å².